The molecular formula is C36H47N7O4. The Morgan fingerprint density at radius 3 is 2.57 bits per heavy atom. The molecule has 1 amide bonds. The van der Waals surface area contributed by atoms with Gasteiger partial charge in [0.25, 0.3) is 0 Å². The highest BCUT2D eigenvalue weighted by molar-refractivity contribution is 5.97. The second-order valence-corrected chi connectivity index (χ2v) is 14.3. The molecule has 0 spiro atoms. The summed E-state index contributed by atoms with van der Waals surface area (Å²) in [6.45, 7) is 12.0. The number of fused-ring (bicyclic) bond motifs is 2. The minimum Gasteiger partial charge on any atom is -0.465 e. The Labute approximate surface area is 277 Å². The number of methoxy groups -OCH3 is 1. The molecule has 0 radical (unpaired) electrons. The maximum absolute atomic E-state index is 12.5. The largest absolute Gasteiger partial charge is 0.465 e. The number of benzene rings is 2. The lowest BCUT2D eigenvalue weighted by Crippen LogP contribution is -2.69. The number of anilines is 2. The molecule has 1 aromatic heterocycles. The van der Waals surface area contributed by atoms with Crippen molar-refractivity contribution in [1.82, 2.24) is 19.8 Å². The van der Waals surface area contributed by atoms with Crippen LogP contribution in [0.5, 0.6) is 6.01 Å². The van der Waals surface area contributed by atoms with Gasteiger partial charge in [-0.2, -0.15) is 15.2 Å². The molecule has 2 saturated heterocycles. The number of aryl methyl sites for hydroxylation is 1. The molecule has 0 aliphatic carbocycles. The highest BCUT2D eigenvalue weighted by Gasteiger charge is 2.53. The van der Waals surface area contributed by atoms with Gasteiger partial charge in [-0.3, -0.25) is 9.80 Å². The number of piperazine rings is 1. The van der Waals surface area contributed by atoms with Gasteiger partial charge in [0.1, 0.15) is 12.4 Å². The molecule has 11 heteroatoms. The smallest absolute Gasteiger partial charge is 0.407 e. The number of likely N-dealkylation sites (tertiary alicyclic amines) is 1. The molecule has 4 heterocycles. The van der Waals surface area contributed by atoms with Crippen LogP contribution in [0.25, 0.3) is 10.8 Å². The Hall–Kier alpha value is -4.14. The second-order valence-electron chi connectivity index (χ2n) is 14.3. The quantitative estimate of drug-likeness (QED) is 0.374. The fourth-order valence-electron chi connectivity index (χ4n) is 7.82. The summed E-state index contributed by atoms with van der Waals surface area (Å²) in [7, 11) is 3.83. The van der Waals surface area contributed by atoms with Gasteiger partial charge in [0.15, 0.2) is 0 Å². The summed E-state index contributed by atoms with van der Waals surface area (Å²) >= 11 is 0. The molecule has 11 nitrogen and oxygen atoms in total. The zero-order valence-electron chi connectivity index (χ0n) is 28.5. The monoisotopic (exact) mass is 641 g/mol. The van der Waals surface area contributed by atoms with Gasteiger partial charge in [-0.15, -0.1) is 0 Å². The Balaban J connectivity index is 1.39. The van der Waals surface area contributed by atoms with Crippen LogP contribution >= 0.6 is 0 Å². The number of likely N-dealkylation sites (N-methyl/N-ethyl adjacent to an activating group) is 1. The third-order valence-electron chi connectivity index (χ3n) is 10.7. The first-order valence-corrected chi connectivity index (χ1v) is 16.6. The SMILES string of the molecule is CO[C@@H]1C[C@@H](COc2nc3c(c(N4CCN(C(=O)O)[C@@](CC#N)(C(C)(C)C)C4)n2)CCN(c2cccc4cccc(C)c24)C3)N(C)C1. The Morgan fingerprint density at radius 2 is 1.89 bits per heavy atom. The van der Waals surface area contributed by atoms with E-state index in [1.807, 2.05) is 20.8 Å². The van der Waals surface area contributed by atoms with Gasteiger partial charge in [-0.05, 0) is 49.2 Å². The van der Waals surface area contributed by atoms with Gasteiger partial charge in [-0.25, -0.2) is 4.79 Å². The first-order valence-electron chi connectivity index (χ1n) is 16.6. The molecule has 0 bridgehead atoms. The molecule has 3 atom stereocenters. The van der Waals surface area contributed by atoms with Crippen molar-refractivity contribution in [1.29, 1.82) is 5.26 Å². The van der Waals surface area contributed by atoms with Crippen LogP contribution in [0.15, 0.2) is 36.4 Å². The summed E-state index contributed by atoms with van der Waals surface area (Å²) in [4.78, 5) is 30.9. The van der Waals surface area contributed by atoms with E-state index in [1.54, 1.807) is 7.11 Å². The molecule has 2 aromatic carbocycles. The van der Waals surface area contributed by atoms with E-state index in [0.717, 1.165) is 43.0 Å². The summed E-state index contributed by atoms with van der Waals surface area (Å²) in [5.41, 5.74) is 2.97. The average Bonchev–Trinajstić information content (AvgIpc) is 3.41. The van der Waals surface area contributed by atoms with E-state index in [9.17, 15) is 15.2 Å². The minimum absolute atomic E-state index is 0.0822. The predicted molar refractivity (Wildman–Crippen MR) is 182 cm³/mol. The Bertz CT molecular complexity index is 1680. The zero-order chi connectivity index (χ0) is 33.5. The van der Waals surface area contributed by atoms with Gasteiger partial charge < -0.3 is 24.4 Å². The highest BCUT2D eigenvalue weighted by Crippen LogP contribution is 2.43. The molecule has 2 fully saturated rings. The molecule has 3 aliphatic rings. The van der Waals surface area contributed by atoms with Crippen molar-refractivity contribution in [2.24, 2.45) is 5.41 Å². The van der Waals surface area contributed by atoms with Crippen molar-refractivity contribution in [3.63, 3.8) is 0 Å². The van der Waals surface area contributed by atoms with Crippen LogP contribution in [0.1, 0.15) is 50.4 Å². The standard InChI is InChI=1S/C36H47N7O4/c1-24-9-7-10-25-11-8-12-30(31(24)25)41-16-13-28-29(21-41)38-33(47-22-26-19-27(46-6)20-40(26)5)39-32(28)42-17-18-43(34(44)45)36(23-42,14-15-37)35(2,3)4/h7-12,26-27H,13-14,16-23H2,1-6H3,(H,44,45)/t26-,27+,36+/m0/s1. The number of hydrogen-bond acceptors (Lipinski definition) is 9. The molecule has 1 N–H and O–H groups in total. The van der Waals surface area contributed by atoms with Gasteiger partial charge >= 0.3 is 12.1 Å². The van der Waals surface area contributed by atoms with Gasteiger partial charge in [0.2, 0.25) is 0 Å². The highest BCUT2D eigenvalue weighted by atomic mass is 16.5. The summed E-state index contributed by atoms with van der Waals surface area (Å²) in [5, 5.41) is 22.7. The van der Waals surface area contributed by atoms with Crippen molar-refractivity contribution in [2.75, 3.05) is 63.3 Å². The van der Waals surface area contributed by atoms with Crippen molar-refractivity contribution >= 4 is 28.4 Å². The number of nitriles is 1. The van der Waals surface area contributed by atoms with E-state index in [1.165, 1.54) is 26.9 Å². The third kappa shape index (κ3) is 6.05. The maximum atomic E-state index is 12.5. The first kappa shape index (κ1) is 32.8. The van der Waals surface area contributed by atoms with Gasteiger partial charge in [0.05, 0.1) is 36.4 Å². The van der Waals surface area contributed by atoms with Crippen molar-refractivity contribution in [2.45, 2.75) is 71.2 Å². The number of carboxylic acid groups (broad SMARTS) is 1. The third-order valence-corrected chi connectivity index (χ3v) is 10.7. The van der Waals surface area contributed by atoms with Crippen LogP contribution in [0, 0.1) is 23.7 Å². The predicted octanol–water partition coefficient (Wildman–Crippen LogP) is 5.10. The van der Waals surface area contributed by atoms with E-state index in [2.05, 4.69) is 71.1 Å². The van der Waals surface area contributed by atoms with Crippen molar-refractivity contribution in [3.8, 4) is 12.1 Å². The molecule has 0 unspecified atom stereocenters. The summed E-state index contributed by atoms with van der Waals surface area (Å²) < 4.78 is 12.0. The van der Waals surface area contributed by atoms with E-state index in [-0.39, 0.29) is 25.1 Å². The lowest BCUT2D eigenvalue weighted by atomic mass is 9.69. The number of amides is 1. The van der Waals surface area contributed by atoms with Crippen LogP contribution in [-0.4, -0.2) is 102 Å². The fraction of sp³-hybridized carbons (Fsp3) is 0.556. The van der Waals surface area contributed by atoms with Crippen LogP contribution < -0.4 is 14.5 Å². The van der Waals surface area contributed by atoms with Crippen LogP contribution in [-0.2, 0) is 17.7 Å². The summed E-state index contributed by atoms with van der Waals surface area (Å²) in [6, 6.07) is 15.7. The molecular weight excluding hydrogens is 594 g/mol. The second kappa shape index (κ2) is 12.8. The van der Waals surface area contributed by atoms with Crippen molar-refractivity contribution < 1.29 is 19.4 Å². The van der Waals surface area contributed by atoms with E-state index < -0.39 is 17.0 Å². The molecule has 0 saturated carbocycles. The fourth-order valence-corrected chi connectivity index (χ4v) is 7.82. The maximum Gasteiger partial charge on any atom is 0.407 e. The van der Waals surface area contributed by atoms with E-state index >= 15 is 0 Å². The normalized spacial score (nSPS) is 23.6. The molecule has 250 valence electrons. The van der Waals surface area contributed by atoms with E-state index in [0.29, 0.717) is 32.3 Å². The van der Waals surface area contributed by atoms with Crippen LogP contribution in [0.3, 0.4) is 0 Å². The number of nitrogens with zero attached hydrogens (tertiary/aromatic N) is 7. The number of hydrogen-bond donors (Lipinski definition) is 1. The van der Waals surface area contributed by atoms with E-state index in [4.69, 9.17) is 19.4 Å². The Morgan fingerprint density at radius 1 is 1.13 bits per heavy atom. The number of rotatable bonds is 7. The molecule has 3 aromatic rings. The average molecular weight is 642 g/mol. The number of carbonyl (C=O) groups is 1. The first-order chi connectivity index (χ1) is 22.5. The molecule has 3 aliphatic heterocycles. The minimum atomic E-state index is -1.00. The van der Waals surface area contributed by atoms with Crippen LogP contribution in [0.2, 0.25) is 0 Å². The number of aromatic nitrogens is 2. The van der Waals surface area contributed by atoms with Gasteiger partial charge in [0, 0.05) is 62.5 Å². The molecule has 47 heavy (non-hydrogen) atoms. The van der Waals surface area contributed by atoms with Gasteiger partial charge in [-0.1, -0.05) is 51.1 Å². The van der Waals surface area contributed by atoms with Crippen molar-refractivity contribution in [3.05, 3.63) is 53.2 Å². The summed E-state index contributed by atoms with van der Waals surface area (Å²) in [5.74, 6) is 0.782. The topological polar surface area (TPSA) is 118 Å². The zero-order valence-corrected chi connectivity index (χ0v) is 28.5. The Kier molecular flexibility index (Phi) is 8.94. The summed E-state index contributed by atoms with van der Waals surface area (Å²) in [6.07, 6.45) is 0.854. The number of ether oxygens (including phenoxy) is 2. The molecule has 6 rings (SSSR count). The lowest BCUT2D eigenvalue weighted by molar-refractivity contribution is -0.00290. The lowest BCUT2D eigenvalue weighted by Gasteiger charge is -2.55. The van der Waals surface area contributed by atoms with Crippen LogP contribution in [0.4, 0.5) is 16.3 Å².